The molecule has 0 saturated heterocycles. The van der Waals surface area contributed by atoms with Crippen LogP contribution < -0.4 is 0 Å². The van der Waals surface area contributed by atoms with Crippen molar-refractivity contribution in [2.75, 3.05) is 5.33 Å². The first-order valence-electron chi connectivity index (χ1n) is 7.62. The van der Waals surface area contributed by atoms with Crippen molar-refractivity contribution >= 4 is 15.9 Å². The Hall–Kier alpha value is -0.560. The van der Waals surface area contributed by atoms with Gasteiger partial charge in [-0.05, 0) is 66.7 Å². The molecule has 0 aliphatic carbocycles. The van der Waals surface area contributed by atoms with E-state index in [0.717, 1.165) is 18.2 Å². The summed E-state index contributed by atoms with van der Waals surface area (Å²) in [7, 11) is 0. The van der Waals surface area contributed by atoms with E-state index < -0.39 is 0 Å². The van der Waals surface area contributed by atoms with Crippen LogP contribution in [0.4, 0.5) is 0 Å². The van der Waals surface area contributed by atoms with E-state index in [2.05, 4.69) is 74.9 Å². The molecule has 1 heteroatoms. The summed E-state index contributed by atoms with van der Waals surface area (Å²) in [5.74, 6) is 0. The Kier molecular flexibility index (Phi) is 11.9. The largest absolute Gasteiger partial charge is 0.0883 e. The second kappa shape index (κ2) is 12.2. The highest BCUT2D eigenvalue weighted by molar-refractivity contribution is 9.09. The highest BCUT2D eigenvalue weighted by Crippen LogP contribution is 2.15. The second-order valence-electron chi connectivity index (χ2n) is 5.91. The van der Waals surface area contributed by atoms with Crippen LogP contribution in [0.15, 0.2) is 46.6 Å². The molecule has 0 atom stereocenters. The van der Waals surface area contributed by atoms with Crippen molar-refractivity contribution < 1.29 is 0 Å². The SMILES string of the molecule is CC(C)=CCC/C(C)=C/CC/C(=C/CBr)CC=C(C)C. The van der Waals surface area contributed by atoms with E-state index in [1.54, 1.807) is 0 Å². The van der Waals surface area contributed by atoms with E-state index >= 15 is 0 Å². The number of rotatable bonds is 9. The van der Waals surface area contributed by atoms with E-state index in [0.29, 0.717) is 0 Å². The van der Waals surface area contributed by atoms with Crippen molar-refractivity contribution in [3.05, 3.63) is 46.6 Å². The first-order chi connectivity index (χ1) is 9.45. The predicted octanol–water partition coefficient (Wildman–Crippen LogP) is 7.14. The first-order valence-corrected chi connectivity index (χ1v) is 8.74. The van der Waals surface area contributed by atoms with E-state index in [4.69, 9.17) is 0 Å². The summed E-state index contributed by atoms with van der Waals surface area (Å²) >= 11 is 3.51. The lowest BCUT2D eigenvalue weighted by atomic mass is 10.0. The molecular formula is C19H31Br. The molecule has 0 aromatic carbocycles. The molecule has 0 unspecified atom stereocenters. The third-order valence-electron chi connectivity index (χ3n) is 3.19. The van der Waals surface area contributed by atoms with E-state index in [1.165, 1.54) is 41.6 Å². The van der Waals surface area contributed by atoms with Crippen LogP contribution >= 0.6 is 15.9 Å². The minimum atomic E-state index is 0.961. The zero-order chi connectivity index (χ0) is 15.4. The highest BCUT2D eigenvalue weighted by atomic mass is 79.9. The summed E-state index contributed by atoms with van der Waals surface area (Å²) in [6.45, 7) is 10.9. The summed E-state index contributed by atoms with van der Waals surface area (Å²) in [6, 6.07) is 0. The van der Waals surface area contributed by atoms with Gasteiger partial charge < -0.3 is 0 Å². The normalized spacial score (nSPS) is 12.3. The van der Waals surface area contributed by atoms with Gasteiger partial charge in [0.25, 0.3) is 0 Å². The second-order valence-corrected chi connectivity index (χ2v) is 6.56. The molecule has 0 aromatic heterocycles. The van der Waals surface area contributed by atoms with Crippen LogP contribution in [0.2, 0.25) is 0 Å². The molecule has 0 aliphatic heterocycles. The Morgan fingerprint density at radius 2 is 1.35 bits per heavy atom. The molecule has 0 aromatic rings. The smallest absolute Gasteiger partial charge is 0.0214 e. The maximum absolute atomic E-state index is 3.51. The minimum Gasteiger partial charge on any atom is -0.0883 e. The molecule has 0 bridgehead atoms. The molecule has 0 heterocycles. The molecule has 0 radical (unpaired) electrons. The summed E-state index contributed by atoms with van der Waals surface area (Å²) in [5, 5.41) is 0.961. The standard InChI is InChI=1S/C19H31Br/c1-16(2)8-6-9-18(5)10-7-11-19(14-15-20)13-12-17(3)4/h8,10,12,14H,6-7,9,11,13,15H2,1-5H3/b18-10+,19-14-. The van der Waals surface area contributed by atoms with Gasteiger partial charge in [0.15, 0.2) is 0 Å². The Balaban J connectivity index is 4.18. The number of hydrogen-bond acceptors (Lipinski definition) is 0. The molecule has 0 aliphatic rings. The maximum Gasteiger partial charge on any atom is 0.0214 e. The van der Waals surface area contributed by atoms with Crippen molar-refractivity contribution in [2.45, 2.75) is 66.7 Å². The molecule has 0 rings (SSSR count). The molecule has 0 saturated carbocycles. The lowest BCUT2D eigenvalue weighted by Gasteiger charge is -2.04. The molecule has 114 valence electrons. The minimum absolute atomic E-state index is 0.961. The first kappa shape index (κ1) is 19.4. The molecular weight excluding hydrogens is 308 g/mol. The lowest BCUT2D eigenvalue weighted by Crippen LogP contribution is -1.85. The van der Waals surface area contributed by atoms with Crippen molar-refractivity contribution in [1.29, 1.82) is 0 Å². The number of hydrogen-bond donors (Lipinski definition) is 0. The molecule has 0 nitrogen and oxygen atoms in total. The van der Waals surface area contributed by atoms with Crippen molar-refractivity contribution in [2.24, 2.45) is 0 Å². The van der Waals surface area contributed by atoms with Gasteiger partial charge in [0.2, 0.25) is 0 Å². The quantitative estimate of drug-likeness (QED) is 0.309. The fourth-order valence-electron chi connectivity index (χ4n) is 1.93. The molecule has 0 N–H and O–H groups in total. The Labute approximate surface area is 134 Å². The Morgan fingerprint density at radius 3 is 1.90 bits per heavy atom. The molecule has 0 fully saturated rings. The Bertz CT molecular complexity index is 373. The van der Waals surface area contributed by atoms with Gasteiger partial charge in [0.05, 0.1) is 0 Å². The van der Waals surface area contributed by atoms with E-state index in [1.807, 2.05) is 0 Å². The average molecular weight is 339 g/mol. The zero-order valence-corrected chi connectivity index (χ0v) is 15.5. The zero-order valence-electron chi connectivity index (χ0n) is 13.9. The number of alkyl halides is 1. The van der Waals surface area contributed by atoms with Crippen molar-refractivity contribution in [1.82, 2.24) is 0 Å². The van der Waals surface area contributed by atoms with Crippen LogP contribution in [0.25, 0.3) is 0 Å². The summed E-state index contributed by atoms with van der Waals surface area (Å²) in [4.78, 5) is 0. The van der Waals surface area contributed by atoms with Gasteiger partial charge >= 0.3 is 0 Å². The van der Waals surface area contributed by atoms with Crippen molar-refractivity contribution in [3.8, 4) is 0 Å². The van der Waals surface area contributed by atoms with Gasteiger partial charge in [-0.2, -0.15) is 0 Å². The van der Waals surface area contributed by atoms with E-state index in [-0.39, 0.29) is 0 Å². The van der Waals surface area contributed by atoms with Crippen LogP contribution in [0.5, 0.6) is 0 Å². The monoisotopic (exact) mass is 338 g/mol. The summed E-state index contributed by atoms with van der Waals surface area (Å²) in [6.07, 6.45) is 15.2. The molecule has 0 amide bonds. The lowest BCUT2D eigenvalue weighted by molar-refractivity contribution is 0.899. The maximum atomic E-state index is 3.51. The fourth-order valence-corrected chi connectivity index (χ4v) is 2.38. The Morgan fingerprint density at radius 1 is 0.750 bits per heavy atom. The van der Waals surface area contributed by atoms with Crippen LogP contribution in [-0.2, 0) is 0 Å². The van der Waals surface area contributed by atoms with Crippen LogP contribution in [0, 0.1) is 0 Å². The van der Waals surface area contributed by atoms with Gasteiger partial charge in [-0.15, -0.1) is 0 Å². The topological polar surface area (TPSA) is 0 Å². The number of allylic oxidation sites excluding steroid dienone is 8. The van der Waals surface area contributed by atoms with Gasteiger partial charge in [-0.25, -0.2) is 0 Å². The molecule has 0 spiro atoms. The van der Waals surface area contributed by atoms with Gasteiger partial charge in [-0.1, -0.05) is 62.5 Å². The summed E-state index contributed by atoms with van der Waals surface area (Å²) in [5.41, 5.74) is 5.88. The van der Waals surface area contributed by atoms with E-state index in [9.17, 15) is 0 Å². The van der Waals surface area contributed by atoms with Crippen LogP contribution in [-0.4, -0.2) is 5.33 Å². The van der Waals surface area contributed by atoms with Crippen LogP contribution in [0.3, 0.4) is 0 Å². The number of halogens is 1. The van der Waals surface area contributed by atoms with Gasteiger partial charge in [-0.3, -0.25) is 0 Å². The average Bonchev–Trinajstić information content (AvgIpc) is 2.35. The van der Waals surface area contributed by atoms with Crippen molar-refractivity contribution in [3.63, 3.8) is 0 Å². The third kappa shape index (κ3) is 12.5. The highest BCUT2D eigenvalue weighted by Gasteiger charge is 1.96. The predicted molar refractivity (Wildman–Crippen MR) is 97.6 cm³/mol. The molecule has 20 heavy (non-hydrogen) atoms. The van der Waals surface area contributed by atoms with Gasteiger partial charge in [0.1, 0.15) is 0 Å². The fraction of sp³-hybridized carbons (Fsp3) is 0.579. The van der Waals surface area contributed by atoms with Crippen LogP contribution in [0.1, 0.15) is 66.7 Å². The third-order valence-corrected chi connectivity index (χ3v) is 3.51. The van der Waals surface area contributed by atoms with Gasteiger partial charge in [0, 0.05) is 5.33 Å². The summed E-state index contributed by atoms with van der Waals surface area (Å²) < 4.78 is 0.